The van der Waals surface area contributed by atoms with Crippen molar-refractivity contribution in [2.24, 2.45) is 5.92 Å². The summed E-state index contributed by atoms with van der Waals surface area (Å²) < 4.78 is -1.36. The number of benzene rings is 1. The highest BCUT2D eigenvalue weighted by molar-refractivity contribution is 6.53. The van der Waals surface area contributed by atoms with Gasteiger partial charge in [0.15, 0.2) is 0 Å². The smallest absolute Gasteiger partial charge is 0.332 e. The molecule has 2 atom stereocenters. The summed E-state index contributed by atoms with van der Waals surface area (Å²) in [5.41, 5.74) is 0.716. The van der Waals surface area contributed by atoms with Gasteiger partial charge in [-0.1, -0.05) is 53.0 Å². The zero-order chi connectivity index (χ0) is 21.4. The SMILES string of the molecule is C=C(/C=C\C(Cl)=C(/C)C(=O)O)NC(=O)[C@H]1[C@H](c2cc(Cl)c(Cl)c(Cl)c2)C1(Cl)Cl. The van der Waals surface area contributed by atoms with E-state index in [0.717, 1.165) is 0 Å². The molecule has 0 heterocycles. The predicted molar refractivity (Wildman–Crippen MR) is 115 cm³/mol. The Labute approximate surface area is 191 Å². The van der Waals surface area contributed by atoms with Crippen molar-refractivity contribution >= 4 is 81.5 Å². The van der Waals surface area contributed by atoms with Gasteiger partial charge in [0.1, 0.15) is 4.33 Å². The highest BCUT2D eigenvalue weighted by atomic mass is 35.5. The van der Waals surface area contributed by atoms with Gasteiger partial charge in [0.05, 0.1) is 31.6 Å². The Morgan fingerprint density at radius 2 is 1.71 bits per heavy atom. The van der Waals surface area contributed by atoms with Crippen molar-refractivity contribution in [2.45, 2.75) is 17.2 Å². The van der Waals surface area contributed by atoms with Gasteiger partial charge < -0.3 is 10.4 Å². The number of carboxylic acids is 1. The van der Waals surface area contributed by atoms with Crippen molar-refractivity contribution in [1.82, 2.24) is 5.32 Å². The van der Waals surface area contributed by atoms with E-state index in [1.807, 2.05) is 0 Å². The molecule has 0 unspecified atom stereocenters. The number of rotatable bonds is 6. The summed E-state index contributed by atoms with van der Waals surface area (Å²) in [5.74, 6) is -2.94. The number of carbonyl (C=O) groups excluding carboxylic acids is 1. The van der Waals surface area contributed by atoms with Gasteiger partial charge in [0.25, 0.3) is 0 Å². The minimum atomic E-state index is -1.36. The van der Waals surface area contributed by atoms with Crippen molar-refractivity contribution in [3.8, 4) is 0 Å². The van der Waals surface area contributed by atoms with Crippen molar-refractivity contribution in [3.05, 3.63) is 67.8 Å². The third kappa shape index (κ3) is 4.99. The molecule has 10 heteroatoms. The standard InChI is InChI=1S/C18H13Cl6NO3/c1-7(3-4-10(19)8(2)17(27)28)25-16(26)14-13(18(14,23)24)9-5-11(20)15(22)12(21)6-9/h3-6,13-14H,1H2,2H3,(H,25,26)(H,27,28)/b4-3-,10-8-/t13-,14+/m0/s1. The average molecular weight is 504 g/mol. The van der Waals surface area contributed by atoms with Gasteiger partial charge in [0, 0.05) is 11.6 Å². The number of nitrogens with one attached hydrogen (secondary N) is 1. The normalized spacial score (nSPS) is 21.2. The van der Waals surface area contributed by atoms with E-state index in [4.69, 9.17) is 74.7 Å². The lowest BCUT2D eigenvalue weighted by Gasteiger charge is -2.06. The third-order valence-corrected chi connectivity index (χ3v) is 6.64. The third-order valence-electron chi connectivity index (χ3n) is 4.09. The second kappa shape index (κ2) is 8.86. The molecule has 0 radical (unpaired) electrons. The van der Waals surface area contributed by atoms with Crippen LogP contribution in [0.2, 0.25) is 15.1 Å². The number of halogens is 6. The summed E-state index contributed by atoms with van der Waals surface area (Å²) in [4.78, 5) is 23.4. The van der Waals surface area contributed by atoms with Gasteiger partial charge >= 0.3 is 5.97 Å². The Morgan fingerprint density at radius 3 is 2.21 bits per heavy atom. The molecule has 0 saturated heterocycles. The van der Waals surface area contributed by atoms with Crippen LogP contribution in [0.3, 0.4) is 0 Å². The fourth-order valence-electron chi connectivity index (χ4n) is 2.50. The molecule has 1 aliphatic rings. The van der Waals surface area contributed by atoms with Crippen LogP contribution in [0.4, 0.5) is 0 Å². The molecule has 0 aromatic heterocycles. The number of hydrogen-bond acceptors (Lipinski definition) is 2. The first-order valence-corrected chi connectivity index (χ1v) is 9.94. The first-order chi connectivity index (χ1) is 12.9. The van der Waals surface area contributed by atoms with Crippen LogP contribution in [0.1, 0.15) is 18.4 Å². The van der Waals surface area contributed by atoms with E-state index in [1.165, 1.54) is 19.1 Å². The largest absolute Gasteiger partial charge is 0.478 e. The molecule has 0 spiro atoms. The molecule has 0 bridgehead atoms. The molecule has 1 aromatic rings. The summed E-state index contributed by atoms with van der Waals surface area (Å²) in [6.45, 7) is 5.02. The Bertz CT molecular complexity index is 899. The Kier molecular flexibility index (Phi) is 7.41. The van der Waals surface area contributed by atoms with Crippen molar-refractivity contribution in [3.63, 3.8) is 0 Å². The van der Waals surface area contributed by atoms with E-state index in [-0.39, 0.29) is 31.4 Å². The molecule has 0 aliphatic heterocycles. The number of alkyl halides is 2. The first kappa shape index (κ1) is 23.4. The number of allylic oxidation sites excluding steroid dienone is 3. The van der Waals surface area contributed by atoms with Crippen LogP contribution < -0.4 is 5.32 Å². The van der Waals surface area contributed by atoms with Crippen molar-refractivity contribution in [2.75, 3.05) is 0 Å². The van der Waals surface area contributed by atoms with Crippen LogP contribution in [0.5, 0.6) is 0 Å². The zero-order valence-electron chi connectivity index (χ0n) is 14.2. The zero-order valence-corrected chi connectivity index (χ0v) is 18.7. The number of aliphatic carboxylic acids is 1. The van der Waals surface area contributed by atoms with Crippen LogP contribution >= 0.6 is 69.6 Å². The Balaban J connectivity index is 2.12. The summed E-state index contributed by atoms with van der Waals surface area (Å²) >= 11 is 36.4. The minimum absolute atomic E-state index is 0.00155. The van der Waals surface area contributed by atoms with Crippen LogP contribution in [0.15, 0.2) is 47.2 Å². The fraction of sp³-hybridized carbons (Fsp3) is 0.222. The highest BCUT2D eigenvalue weighted by Gasteiger charge is 2.67. The summed E-state index contributed by atoms with van der Waals surface area (Å²) in [6, 6.07) is 3.11. The summed E-state index contributed by atoms with van der Waals surface area (Å²) in [6.07, 6.45) is 2.68. The molecule has 1 aromatic carbocycles. The summed E-state index contributed by atoms with van der Waals surface area (Å²) in [5, 5.41) is 12.1. The molecule has 1 fully saturated rings. The van der Waals surface area contributed by atoms with Crippen molar-refractivity contribution < 1.29 is 14.7 Å². The maximum atomic E-state index is 12.5. The van der Waals surface area contributed by atoms with E-state index in [0.29, 0.717) is 5.56 Å². The van der Waals surface area contributed by atoms with Crippen LogP contribution in [0, 0.1) is 5.92 Å². The maximum absolute atomic E-state index is 12.5. The quantitative estimate of drug-likeness (QED) is 0.207. The lowest BCUT2D eigenvalue weighted by molar-refractivity contribution is -0.132. The number of carboxylic acid groups (broad SMARTS) is 1. The summed E-state index contributed by atoms with van der Waals surface area (Å²) in [7, 11) is 0. The van der Waals surface area contributed by atoms with Gasteiger partial charge in [-0.15, -0.1) is 23.2 Å². The van der Waals surface area contributed by atoms with E-state index in [1.54, 1.807) is 12.1 Å². The van der Waals surface area contributed by atoms with E-state index >= 15 is 0 Å². The molecule has 150 valence electrons. The molecule has 1 amide bonds. The molecule has 2 rings (SSSR count). The minimum Gasteiger partial charge on any atom is -0.478 e. The van der Waals surface area contributed by atoms with Gasteiger partial charge in [-0.05, 0) is 36.8 Å². The van der Waals surface area contributed by atoms with E-state index < -0.39 is 28.0 Å². The van der Waals surface area contributed by atoms with Gasteiger partial charge in [-0.2, -0.15) is 0 Å². The molecular weight excluding hydrogens is 491 g/mol. The Hall–Kier alpha value is -0.880. The number of hydrogen-bond donors (Lipinski definition) is 2. The fourth-order valence-corrected chi connectivity index (χ4v) is 4.09. The molecule has 2 N–H and O–H groups in total. The topological polar surface area (TPSA) is 66.4 Å². The molecule has 1 saturated carbocycles. The highest BCUT2D eigenvalue weighted by Crippen LogP contribution is 2.65. The molecule has 28 heavy (non-hydrogen) atoms. The second-order valence-corrected chi connectivity index (χ2v) is 9.10. The van der Waals surface area contributed by atoms with E-state index in [2.05, 4.69) is 11.9 Å². The van der Waals surface area contributed by atoms with Gasteiger partial charge in [-0.25, -0.2) is 4.79 Å². The first-order valence-electron chi connectivity index (χ1n) is 7.67. The molecule has 1 aliphatic carbocycles. The lowest BCUT2D eigenvalue weighted by atomic mass is 10.1. The van der Waals surface area contributed by atoms with Gasteiger partial charge in [0.2, 0.25) is 5.91 Å². The number of amides is 1. The van der Waals surface area contributed by atoms with Gasteiger partial charge in [-0.3, -0.25) is 4.79 Å². The van der Waals surface area contributed by atoms with Crippen LogP contribution in [-0.4, -0.2) is 21.3 Å². The molecule has 4 nitrogen and oxygen atoms in total. The Morgan fingerprint density at radius 1 is 1.18 bits per heavy atom. The average Bonchev–Trinajstić information content (AvgIpc) is 3.18. The van der Waals surface area contributed by atoms with E-state index in [9.17, 15) is 9.59 Å². The van der Waals surface area contributed by atoms with Crippen LogP contribution in [-0.2, 0) is 9.59 Å². The number of carbonyl (C=O) groups is 2. The van der Waals surface area contributed by atoms with Crippen LogP contribution in [0.25, 0.3) is 0 Å². The molecular formula is C18H13Cl6NO3. The monoisotopic (exact) mass is 501 g/mol. The maximum Gasteiger partial charge on any atom is 0.332 e. The second-order valence-electron chi connectivity index (χ2n) is 6.05. The lowest BCUT2D eigenvalue weighted by Crippen LogP contribution is -2.25. The van der Waals surface area contributed by atoms with Crippen molar-refractivity contribution in [1.29, 1.82) is 0 Å². The predicted octanol–water partition coefficient (Wildman–Crippen LogP) is 6.32.